The SMILES string of the molecule is Cc1ccccc1N=Nc1c(C)nc(SCC(=O)Nc2cc(Cl)cc(Cl)c2)c(C#N)c1C. The van der Waals surface area contributed by atoms with E-state index in [-0.39, 0.29) is 11.7 Å². The molecule has 32 heavy (non-hydrogen) atoms. The van der Waals surface area contributed by atoms with Crippen LogP contribution in [-0.2, 0) is 4.79 Å². The molecule has 0 fully saturated rings. The fourth-order valence-corrected chi connectivity index (χ4v) is 4.34. The number of rotatable bonds is 6. The van der Waals surface area contributed by atoms with Gasteiger partial charge in [0.2, 0.25) is 5.91 Å². The van der Waals surface area contributed by atoms with Gasteiger partial charge in [0.05, 0.1) is 22.7 Å². The Morgan fingerprint density at radius 2 is 1.81 bits per heavy atom. The predicted octanol–water partition coefficient (Wildman–Crippen LogP) is 7.33. The van der Waals surface area contributed by atoms with Crippen molar-refractivity contribution in [2.45, 2.75) is 25.8 Å². The molecule has 0 unspecified atom stereocenters. The molecule has 0 atom stereocenters. The van der Waals surface area contributed by atoms with Gasteiger partial charge in [-0.2, -0.15) is 10.4 Å². The Morgan fingerprint density at radius 1 is 1.12 bits per heavy atom. The van der Waals surface area contributed by atoms with Crippen LogP contribution < -0.4 is 5.32 Å². The number of aromatic nitrogens is 1. The van der Waals surface area contributed by atoms with Gasteiger partial charge in [0, 0.05) is 15.7 Å². The monoisotopic (exact) mass is 483 g/mol. The van der Waals surface area contributed by atoms with Crippen molar-refractivity contribution < 1.29 is 4.79 Å². The van der Waals surface area contributed by atoms with Gasteiger partial charge in [0.15, 0.2) is 0 Å². The summed E-state index contributed by atoms with van der Waals surface area (Å²) in [5, 5.41) is 22.4. The van der Waals surface area contributed by atoms with E-state index >= 15 is 0 Å². The maximum absolute atomic E-state index is 12.4. The molecule has 0 aliphatic rings. The van der Waals surface area contributed by atoms with Crippen LogP contribution in [-0.4, -0.2) is 16.6 Å². The van der Waals surface area contributed by atoms with E-state index in [1.165, 1.54) is 11.8 Å². The molecule has 162 valence electrons. The van der Waals surface area contributed by atoms with Gasteiger partial charge in [-0.3, -0.25) is 4.79 Å². The molecule has 3 aromatic rings. The number of nitrogens with one attached hydrogen (secondary N) is 1. The van der Waals surface area contributed by atoms with Crippen LogP contribution >= 0.6 is 35.0 Å². The number of amides is 1. The third kappa shape index (κ3) is 5.86. The number of carbonyl (C=O) groups is 1. The lowest BCUT2D eigenvalue weighted by molar-refractivity contribution is -0.113. The lowest BCUT2D eigenvalue weighted by Gasteiger charge is -2.11. The van der Waals surface area contributed by atoms with E-state index < -0.39 is 0 Å². The van der Waals surface area contributed by atoms with E-state index in [9.17, 15) is 10.1 Å². The third-order valence-corrected chi connectivity index (χ3v) is 5.94. The zero-order valence-corrected chi connectivity index (χ0v) is 19.9. The van der Waals surface area contributed by atoms with Crippen molar-refractivity contribution in [3.05, 3.63) is 74.9 Å². The standard InChI is InChI=1S/C23H19Cl2N5OS/c1-13-6-4-5-7-20(13)29-30-22-14(2)19(11-26)23(27-15(22)3)32-12-21(31)28-18-9-16(24)8-17(25)10-18/h4-10H,12H2,1-3H3,(H,28,31). The molecule has 0 radical (unpaired) electrons. The molecule has 9 heteroatoms. The first-order valence-electron chi connectivity index (χ1n) is 9.56. The predicted molar refractivity (Wildman–Crippen MR) is 130 cm³/mol. The van der Waals surface area contributed by atoms with Gasteiger partial charge in [-0.25, -0.2) is 4.98 Å². The number of hydrogen-bond acceptors (Lipinski definition) is 6. The van der Waals surface area contributed by atoms with Gasteiger partial charge in [-0.05, 0) is 56.2 Å². The maximum Gasteiger partial charge on any atom is 0.234 e. The third-order valence-electron chi connectivity index (χ3n) is 4.53. The minimum atomic E-state index is -0.266. The molecule has 0 aliphatic carbocycles. The summed E-state index contributed by atoms with van der Waals surface area (Å²) in [6, 6.07) is 14.6. The highest BCUT2D eigenvalue weighted by Crippen LogP contribution is 2.33. The van der Waals surface area contributed by atoms with Crippen LogP contribution in [0.2, 0.25) is 10.0 Å². The quantitative estimate of drug-likeness (QED) is 0.293. The summed E-state index contributed by atoms with van der Waals surface area (Å²) in [5.74, 6) is -0.202. The number of pyridine rings is 1. The number of anilines is 1. The molecule has 1 heterocycles. The number of carbonyl (C=O) groups excluding carboxylic acids is 1. The smallest absolute Gasteiger partial charge is 0.234 e. The summed E-state index contributed by atoms with van der Waals surface area (Å²) in [7, 11) is 0. The molecule has 0 saturated carbocycles. The van der Waals surface area contributed by atoms with Crippen molar-refractivity contribution in [1.29, 1.82) is 5.26 Å². The normalized spacial score (nSPS) is 10.9. The number of thioether (sulfide) groups is 1. The van der Waals surface area contributed by atoms with E-state index in [4.69, 9.17) is 23.2 Å². The molecule has 6 nitrogen and oxygen atoms in total. The Labute approximate surface area is 200 Å². The first-order valence-corrected chi connectivity index (χ1v) is 11.3. The highest BCUT2D eigenvalue weighted by Gasteiger charge is 2.17. The van der Waals surface area contributed by atoms with Crippen molar-refractivity contribution in [3.8, 4) is 6.07 Å². The summed E-state index contributed by atoms with van der Waals surface area (Å²) in [5.41, 5.74) is 4.47. The van der Waals surface area contributed by atoms with E-state index in [0.717, 1.165) is 11.3 Å². The van der Waals surface area contributed by atoms with E-state index in [2.05, 4.69) is 26.6 Å². The van der Waals surface area contributed by atoms with E-state index in [1.807, 2.05) is 31.2 Å². The van der Waals surface area contributed by atoms with Crippen LogP contribution in [0.25, 0.3) is 0 Å². The molecule has 1 aromatic heterocycles. The lowest BCUT2D eigenvalue weighted by atomic mass is 10.1. The minimum absolute atomic E-state index is 0.0643. The summed E-state index contributed by atoms with van der Waals surface area (Å²) in [6.07, 6.45) is 0. The van der Waals surface area contributed by atoms with E-state index in [0.29, 0.717) is 43.3 Å². The average Bonchev–Trinajstić information content (AvgIpc) is 2.72. The van der Waals surface area contributed by atoms with Crippen molar-refractivity contribution >= 4 is 57.9 Å². The van der Waals surface area contributed by atoms with Gasteiger partial charge in [-0.1, -0.05) is 53.2 Å². The number of nitriles is 1. The Hall–Kier alpha value is -2.92. The second kappa shape index (κ2) is 10.6. The average molecular weight is 484 g/mol. The highest BCUT2D eigenvalue weighted by atomic mass is 35.5. The fourth-order valence-electron chi connectivity index (χ4n) is 2.93. The van der Waals surface area contributed by atoms with Crippen LogP contribution in [0.4, 0.5) is 17.1 Å². The van der Waals surface area contributed by atoms with Gasteiger partial charge >= 0.3 is 0 Å². The lowest BCUT2D eigenvalue weighted by Crippen LogP contribution is -2.14. The van der Waals surface area contributed by atoms with Crippen LogP contribution in [0.15, 0.2) is 57.7 Å². The largest absolute Gasteiger partial charge is 0.325 e. The minimum Gasteiger partial charge on any atom is -0.325 e. The Balaban J connectivity index is 1.78. The van der Waals surface area contributed by atoms with Crippen molar-refractivity contribution in [2.75, 3.05) is 11.1 Å². The molecule has 1 N–H and O–H groups in total. The van der Waals surface area contributed by atoms with Crippen molar-refractivity contribution in [1.82, 2.24) is 4.98 Å². The topological polar surface area (TPSA) is 90.5 Å². The highest BCUT2D eigenvalue weighted by molar-refractivity contribution is 8.00. The van der Waals surface area contributed by atoms with Gasteiger partial charge in [-0.15, -0.1) is 5.11 Å². The first-order chi connectivity index (χ1) is 15.3. The van der Waals surface area contributed by atoms with Crippen LogP contribution in [0, 0.1) is 32.1 Å². The molecule has 2 aromatic carbocycles. The summed E-state index contributed by atoms with van der Waals surface area (Å²) >= 11 is 13.1. The van der Waals surface area contributed by atoms with Gasteiger partial charge < -0.3 is 5.32 Å². The number of nitrogens with zero attached hydrogens (tertiary/aromatic N) is 4. The number of azo groups is 1. The first kappa shape index (κ1) is 23.7. The van der Waals surface area contributed by atoms with Crippen LogP contribution in [0.5, 0.6) is 0 Å². The van der Waals surface area contributed by atoms with E-state index in [1.54, 1.807) is 32.0 Å². The summed E-state index contributed by atoms with van der Waals surface area (Å²) < 4.78 is 0. The number of aryl methyl sites for hydroxylation is 2. The molecule has 0 saturated heterocycles. The number of hydrogen-bond donors (Lipinski definition) is 1. The molecule has 3 rings (SSSR count). The number of halogens is 2. The van der Waals surface area contributed by atoms with Gasteiger partial charge in [0.1, 0.15) is 16.8 Å². The molecule has 0 aliphatic heterocycles. The molecular formula is C23H19Cl2N5OS. The zero-order chi connectivity index (χ0) is 23.3. The Kier molecular flexibility index (Phi) is 7.86. The van der Waals surface area contributed by atoms with Crippen molar-refractivity contribution in [2.24, 2.45) is 10.2 Å². The maximum atomic E-state index is 12.4. The molecule has 1 amide bonds. The van der Waals surface area contributed by atoms with Gasteiger partial charge in [0.25, 0.3) is 0 Å². The number of benzene rings is 2. The summed E-state index contributed by atoms with van der Waals surface area (Å²) in [4.78, 5) is 16.9. The molecule has 0 bridgehead atoms. The Morgan fingerprint density at radius 3 is 2.47 bits per heavy atom. The fraction of sp³-hybridized carbons (Fsp3) is 0.174. The second-order valence-corrected chi connectivity index (χ2v) is 8.78. The second-order valence-electron chi connectivity index (χ2n) is 6.94. The van der Waals surface area contributed by atoms with Crippen LogP contribution in [0.1, 0.15) is 22.4 Å². The van der Waals surface area contributed by atoms with Crippen molar-refractivity contribution in [3.63, 3.8) is 0 Å². The Bertz CT molecular complexity index is 1230. The molecular weight excluding hydrogens is 465 g/mol. The van der Waals surface area contributed by atoms with Crippen LogP contribution in [0.3, 0.4) is 0 Å². The molecule has 0 spiro atoms. The summed E-state index contributed by atoms with van der Waals surface area (Å²) in [6.45, 7) is 5.56. The zero-order valence-electron chi connectivity index (χ0n) is 17.6.